The molecule has 0 amide bonds. The quantitative estimate of drug-likeness (QED) is 0.381. The van der Waals surface area contributed by atoms with Gasteiger partial charge in [0.15, 0.2) is 5.96 Å². The van der Waals surface area contributed by atoms with Gasteiger partial charge in [-0.2, -0.15) is 0 Å². The molecule has 0 aliphatic carbocycles. The van der Waals surface area contributed by atoms with Gasteiger partial charge in [0.05, 0.1) is 0 Å². The van der Waals surface area contributed by atoms with Crippen molar-refractivity contribution in [1.82, 2.24) is 15.6 Å². The predicted molar refractivity (Wildman–Crippen MR) is 117 cm³/mol. The molecule has 136 valence electrons. The van der Waals surface area contributed by atoms with Crippen LogP contribution in [0.5, 0.6) is 0 Å². The second-order valence-electron chi connectivity index (χ2n) is 6.03. The zero-order chi connectivity index (χ0) is 17.2. The van der Waals surface area contributed by atoms with Gasteiger partial charge in [0.25, 0.3) is 0 Å². The largest absolute Gasteiger partial charge is 0.357 e. The van der Waals surface area contributed by atoms with E-state index in [1.807, 2.05) is 24.4 Å². The summed E-state index contributed by atoms with van der Waals surface area (Å²) in [6.45, 7) is 8.87. The summed E-state index contributed by atoms with van der Waals surface area (Å²) in [6.07, 6.45) is 2.72. The molecule has 0 bridgehead atoms. The smallest absolute Gasteiger partial charge is 0.191 e. The third kappa shape index (κ3) is 7.86. The molecule has 0 fully saturated rings. The standard InChI is InChI=1S/C20H28N4.HI/c1-4-21-20(23-13-11-19-10-5-6-12-22-19)24-15-17(3)18-9-7-8-16(2)14-18;/h5-10,12,14,17H,4,11,13,15H2,1-3H3,(H2,21,23,24);1H. The first-order valence-electron chi connectivity index (χ1n) is 8.67. The Labute approximate surface area is 168 Å². The van der Waals surface area contributed by atoms with Crippen molar-refractivity contribution < 1.29 is 0 Å². The van der Waals surface area contributed by atoms with Crippen LogP contribution in [0.25, 0.3) is 0 Å². The van der Waals surface area contributed by atoms with E-state index in [9.17, 15) is 0 Å². The zero-order valence-corrected chi connectivity index (χ0v) is 17.7. The molecule has 0 saturated carbocycles. The Morgan fingerprint density at radius 2 is 2.00 bits per heavy atom. The topological polar surface area (TPSA) is 49.3 Å². The minimum absolute atomic E-state index is 0. The van der Waals surface area contributed by atoms with Crippen molar-refractivity contribution >= 4 is 29.9 Å². The Morgan fingerprint density at radius 1 is 1.16 bits per heavy atom. The molecule has 2 N–H and O–H groups in total. The van der Waals surface area contributed by atoms with E-state index in [-0.39, 0.29) is 24.0 Å². The maximum Gasteiger partial charge on any atom is 0.191 e. The number of aryl methyl sites for hydroxylation is 1. The number of rotatable bonds is 7. The highest BCUT2D eigenvalue weighted by atomic mass is 127. The molecule has 25 heavy (non-hydrogen) atoms. The number of nitrogens with zero attached hydrogens (tertiary/aromatic N) is 2. The average Bonchev–Trinajstić information content (AvgIpc) is 2.60. The van der Waals surface area contributed by atoms with Gasteiger partial charge in [0, 0.05) is 43.9 Å². The molecule has 4 nitrogen and oxygen atoms in total. The molecule has 1 unspecified atom stereocenters. The van der Waals surface area contributed by atoms with Crippen LogP contribution in [0.15, 0.2) is 53.7 Å². The first kappa shape index (κ1) is 21.4. The first-order valence-corrected chi connectivity index (χ1v) is 8.67. The van der Waals surface area contributed by atoms with Crippen LogP contribution >= 0.6 is 24.0 Å². The van der Waals surface area contributed by atoms with E-state index in [0.717, 1.165) is 37.7 Å². The van der Waals surface area contributed by atoms with Crippen molar-refractivity contribution in [3.05, 3.63) is 65.5 Å². The normalized spacial score (nSPS) is 12.2. The van der Waals surface area contributed by atoms with Crippen molar-refractivity contribution in [3.8, 4) is 0 Å². The molecule has 2 rings (SSSR count). The molecule has 1 atom stereocenters. The van der Waals surface area contributed by atoms with Gasteiger partial charge in [0.1, 0.15) is 0 Å². The fourth-order valence-electron chi connectivity index (χ4n) is 2.51. The number of aromatic nitrogens is 1. The molecule has 1 aromatic heterocycles. The minimum atomic E-state index is 0. The van der Waals surface area contributed by atoms with Gasteiger partial charge in [0.2, 0.25) is 0 Å². The van der Waals surface area contributed by atoms with E-state index in [2.05, 4.69) is 60.7 Å². The van der Waals surface area contributed by atoms with Crippen LogP contribution in [0.2, 0.25) is 0 Å². The highest BCUT2D eigenvalue weighted by molar-refractivity contribution is 14.0. The van der Waals surface area contributed by atoms with Gasteiger partial charge < -0.3 is 10.6 Å². The highest BCUT2D eigenvalue weighted by Gasteiger charge is 2.06. The summed E-state index contributed by atoms with van der Waals surface area (Å²) in [5.74, 6) is 1.27. The molecule has 1 aromatic carbocycles. The lowest BCUT2D eigenvalue weighted by atomic mass is 10.00. The van der Waals surface area contributed by atoms with Crippen LogP contribution < -0.4 is 10.6 Å². The highest BCUT2D eigenvalue weighted by Crippen LogP contribution is 2.16. The number of halogens is 1. The van der Waals surface area contributed by atoms with Gasteiger partial charge in [-0.1, -0.05) is 42.8 Å². The maximum absolute atomic E-state index is 4.72. The average molecular weight is 452 g/mol. The first-order chi connectivity index (χ1) is 11.7. The van der Waals surface area contributed by atoms with Gasteiger partial charge in [-0.05, 0) is 31.5 Å². The monoisotopic (exact) mass is 452 g/mol. The van der Waals surface area contributed by atoms with E-state index in [4.69, 9.17) is 4.99 Å². The molecule has 0 saturated heterocycles. The van der Waals surface area contributed by atoms with Crippen molar-refractivity contribution in [2.75, 3.05) is 19.6 Å². The Balaban J connectivity index is 0.00000312. The van der Waals surface area contributed by atoms with Crippen LogP contribution in [-0.4, -0.2) is 30.6 Å². The summed E-state index contributed by atoms with van der Waals surface area (Å²) in [7, 11) is 0. The predicted octanol–water partition coefficient (Wildman–Crippen LogP) is 3.91. The van der Waals surface area contributed by atoms with Crippen molar-refractivity contribution in [2.45, 2.75) is 33.1 Å². The second kappa shape index (κ2) is 11.8. The minimum Gasteiger partial charge on any atom is -0.357 e. The van der Waals surface area contributed by atoms with E-state index >= 15 is 0 Å². The van der Waals surface area contributed by atoms with Gasteiger partial charge in [-0.15, -0.1) is 24.0 Å². The summed E-state index contributed by atoms with van der Waals surface area (Å²) in [5.41, 5.74) is 3.72. The summed E-state index contributed by atoms with van der Waals surface area (Å²) in [4.78, 5) is 9.07. The molecule has 0 radical (unpaired) electrons. The summed E-state index contributed by atoms with van der Waals surface area (Å²) in [6, 6.07) is 14.7. The SMILES string of the molecule is CCNC(=NCC(C)c1cccc(C)c1)NCCc1ccccn1.I. The lowest BCUT2D eigenvalue weighted by Crippen LogP contribution is -2.38. The Hall–Kier alpha value is -1.63. The van der Waals surface area contributed by atoms with Crippen LogP contribution in [0.3, 0.4) is 0 Å². The zero-order valence-electron chi connectivity index (χ0n) is 15.3. The van der Waals surface area contributed by atoms with Crippen LogP contribution in [0.4, 0.5) is 0 Å². The molecule has 1 heterocycles. The van der Waals surface area contributed by atoms with Crippen molar-refractivity contribution in [2.24, 2.45) is 4.99 Å². The number of pyridine rings is 1. The molecular weight excluding hydrogens is 423 g/mol. The molecular formula is C20H29IN4. The van der Waals surface area contributed by atoms with E-state index < -0.39 is 0 Å². The number of guanidine groups is 1. The Kier molecular flexibility index (Phi) is 10.1. The number of aliphatic imine (C=N–C) groups is 1. The summed E-state index contributed by atoms with van der Waals surface area (Å²) in [5, 5.41) is 6.69. The fourth-order valence-corrected chi connectivity index (χ4v) is 2.51. The summed E-state index contributed by atoms with van der Waals surface area (Å²) < 4.78 is 0. The molecule has 0 spiro atoms. The van der Waals surface area contributed by atoms with E-state index in [0.29, 0.717) is 5.92 Å². The Morgan fingerprint density at radius 3 is 2.68 bits per heavy atom. The Bertz CT molecular complexity index is 643. The lowest BCUT2D eigenvalue weighted by Gasteiger charge is -2.14. The fraction of sp³-hybridized carbons (Fsp3) is 0.400. The van der Waals surface area contributed by atoms with Crippen LogP contribution in [0, 0.1) is 6.92 Å². The maximum atomic E-state index is 4.72. The van der Waals surface area contributed by atoms with E-state index in [1.165, 1.54) is 11.1 Å². The number of benzene rings is 1. The van der Waals surface area contributed by atoms with Crippen LogP contribution in [0.1, 0.15) is 36.6 Å². The van der Waals surface area contributed by atoms with Gasteiger partial charge >= 0.3 is 0 Å². The van der Waals surface area contributed by atoms with Crippen molar-refractivity contribution in [1.29, 1.82) is 0 Å². The molecule has 0 aliphatic heterocycles. The third-order valence-electron chi connectivity index (χ3n) is 3.88. The lowest BCUT2D eigenvalue weighted by molar-refractivity contribution is 0.742. The number of hydrogen-bond acceptors (Lipinski definition) is 2. The van der Waals surface area contributed by atoms with Gasteiger partial charge in [-0.3, -0.25) is 9.98 Å². The molecule has 0 aliphatic rings. The number of hydrogen-bond donors (Lipinski definition) is 2. The number of nitrogens with one attached hydrogen (secondary N) is 2. The second-order valence-corrected chi connectivity index (χ2v) is 6.03. The van der Waals surface area contributed by atoms with Crippen LogP contribution in [-0.2, 0) is 6.42 Å². The van der Waals surface area contributed by atoms with Crippen molar-refractivity contribution in [3.63, 3.8) is 0 Å². The summed E-state index contributed by atoms with van der Waals surface area (Å²) >= 11 is 0. The van der Waals surface area contributed by atoms with Gasteiger partial charge in [-0.25, -0.2) is 0 Å². The molecule has 5 heteroatoms. The third-order valence-corrected chi connectivity index (χ3v) is 3.88. The van der Waals surface area contributed by atoms with E-state index in [1.54, 1.807) is 0 Å². The molecule has 2 aromatic rings.